The van der Waals surface area contributed by atoms with E-state index in [9.17, 15) is 14.4 Å². The van der Waals surface area contributed by atoms with Gasteiger partial charge in [0.1, 0.15) is 0 Å². The highest BCUT2D eigenvalue weighted by molar-refractivity contribution is 6.25. The van der Waals surface area contributed by atoms with Crippen molar-refractivity contribution in [1.29, 1.82) is 0 Å². The lowest BCUT2D eigenvalue weighted by molar-refractivity contribution is -0.131. The van der Waals surface area contributed by atoms with E-state index in [0.717, 1.165) is 17.2 Å². The van der Waals surface area contributed by atoms with Crippen LogP contribution in [0.3, 0.4) is 0 Å². The summed E-state index contributed by atoms with van der Waals surface area (Å²) in [6, 6.07) is 21.1. The second-order valence-corrected chi connectivity index (χ2v) is 7.78. The molecule has 1 heterocycles. The van der Waals surface area contributed by atoms with Crippen LogP contribution in [-0.4, -0.2) is 47.2 Å². The molecule has 0 N–H and O–H groups in total. The van der Waals surface area contributed by atoms with Gasteiger partial charge in [0.25, 0.3) is 11.8 Å². The SMILES string of the molecule is CCN(CCc1ccccc1)C(=O)CCCN1C(=O)c2cccc3cccc(c23)C1=O. The van der Waals surface area contributed by atoms with E-state index in [-0.39, 0.29) is 24.3 Å². The van der Waals surface area contributed by atoms with Crippen molar-refractivity contribution in [2.24, 2.45) is 0 Å². The number of benzene rings is 3. The highest BCUT2D eigenvalue weighted by atomic mass is 16.2. The molecule has 0 radical (unpaired) electrons. The third kappa shape index (κ3) is 4.22. The van der Waals surface area contributed by atoms with Crippen molar-refractivity contribution in [3.05, 3.63) is 83.4 Å². The van der Waals surface area contributed by atoms with Crippen LogP contribution in [0.25, 0.3) is 10.8 Å². The van der Waals surface area contributed by atoms with Gasteiger partial charge in [0.2, 0.25) is 5.91 Å². The Kier molecular flexibility index (Phi) is 6.12. The number of imide groups is 1. The largest absolute Gasteiger partial charge is 0.343 e. The van der Waals surface area contributed by atoms with Crippen LogP contribution in [0.15, 0.2) is 66.7 Å². The zero-order chi connectivity index (χ0) is 21.8. The van der Waals surface area contributed by atoms with Crippen molar-refractivity contribution in [2.45, 2.75) is 26.2 Å². The van der Waals surface area contributed by atoms with Gasteiger partial charge in [-0.1, -0.05) is 54.6 Å². The molecule has 0 bridgehead atoms. The molecule has 3 amide bonds. The molecule has 4 rings (SSSR count). The molecule has 1 aliphatic rings. The molecule has 0 saturated heterocycles. The highest BCUT2D eigenvalue weighted by Gasteiger charge is 2.32. The molecule has 0 aromatic heterocycles. The molecule has 0 fully saturated rings. The molecule has 0 aliphatic carbocycles. The van der Waals surface area contributed by atoms with E-state index in [4.69, 9.17) is 0 Å². The first-order valence-corrected chi connectivity index (χ1v) is 10.8. The van der Waals surface area contributed by atoms with Gasteiger partial charge in [-0.15, -0.1) is 0 Å². The number of amides is 3. The maximum absolute atomic E-state index is 12.9. The number of rotatable bonds is 8. The lowest BCUT2D eigenvalue weighted by Gasteiger charge is -2.27. The summed E-state index contributed by atoms with van der Waals surface area (Å²) in [6.45, 7) is 3.52. The minimum atomic E-state index is -0.279. The van der Waals surface area contributed by atoms with E-state index in [2.05, 4.69) is 12.1 Å². The van der Waals surface area contributed by atoms with Gasteiger partial charge < -0.3 is 4.90 Å². The normalized spacial score (nSPS) is 13.0. The Morgan fingerprint density at radius 3 is 2.13 bits per heavy atom. The molecule has 3 aromatic carbocycles. The molecule has 0 spiro atoms. The molecular formula is C26H26N2O3. The van der Waals surface area contributed by atoms with Crippen molar-refractivity contribution in [1.82, 2.24) is 9.80 Å². The van der Waals surface area contributed by atoms with Gasteiger partial charge in [-0.2, -0.15) is 0 Å². The number of hydrogen-bond donors (Lipinski definition) is 0. The van der Waals surface area contributed by atoms with Gasteiger partial charge in [0.05, 0.1) is 0 Å². The van der Waals surface area contributed by atoms with Gasteiger partial charge in [-0.25, -0.2) is 0 Å². The van der Waals surface area contributed by atoms with E-state index in [1.165, 1.54) is 10.5 Å². The molecule has 31 heavy (non-hydrogen) atoms. The summed E-state index contributed by atoms with van der Waals surface area (Å²) < 4.78 is 0. The Balaban J connectivity index is 1.37. The number of carbonyl (C=O) groups excluding carboxylic acids is 3. The van der Waals surface area contributed by atoms with E-state index >= 15 is 0 Å². The lowest BCUT2D eigenvalue weighted by Crippen LogP contribution is -2.41. The third-order valence-corrected chi connectivity index (χ3v) is 5.88. The molecule has 3 aromatic rings. The predicted molar refractivity (Wildman–Crippen MR) is 121 cm³/mol. The van der Waals surface area contributed by atoms with Crippen LogP contribution in [-0.2, 0) is 11.2 Å². The Hall–Kier alpha value is -3.47. The van der Waals surface area contributed by atoms with Crippen LogP contribution in [0.4, 0.5) is 0 Å². The van der Waals surface area contributed by atoms with Crippen LogP contribution >= 0.6 is 0 Å². The van der Waals surface area contributed by atoms with Crippen LogP contribution in [0.1, 0.15) is 46.0 Å². The van der Waals surface area contributed by atoms with Gasteiger partial charge in [0.15, 0.2) is 0 Å². The van der Waals surface area contributed by atoms with Crippen molar-refractivity contribution >= 4 is 28.5 Å². The fourth-order valence-electron chi connectivity index (χ4n) is 4.20. The summed E-state index contributed by atoms with van der Waals surface area (Å²) in [6.07, 6.45) is 1.58. The van der Waals surface area contributed by atoms with Crippen LogP contribution < -0.4 is 0 Å². The first-order valence-electron chi connectivity index (χ1n) is 10.8. The standard InChI is InChI=1S/C26H26N2O3/c1-2-27(18-16-19-9-4-3-5-10-19)23(29)15-8-17-28-25(30)21-13-6-11-20-12-7-14-22(24(20)21)26(28)31/h3-7,9-14H,2,8,15-18H2,1H3. The molecular weight excluding hydrogens is 388 g/mol. The quantitative estimate of drug-likeness (QED) is 0.516. The second kappa shape index (κ2) is 9.13. The first kappa shape index (κ1) is 20.8. The number of carbonyl (C=O) groups is 3. The fourth-order valence-corrected chi connectivity index (χ4v) is 4.20. The molecule has 5 nitrogen and oxygen atoms in total. The van der Waals surface area contributed by atoms with Crippen molar-refractivity contribution < 1.29 is 14.4 Å². The summed E-state index contributed by atoms with van der Waals surface area (Å²) in [7, 11) is 0. The smallest absolute Gasteiger partial charge is 0.261 e. The molecule has 158 valence electrons. The van der Waals surface area contributed by atoms with Crippen LogP contribution in [0, 0.1) is 0 Å². The van der Waals surface area contributed by atoms with Crippen molar-refractivity contribution in [2.75, 3.05) is 19.6 Å². The summed E-state index contributed by atoms with van der Waals surface area (Å²) in [5.74, 6) is -0.505. The summed E-state index contributed by atoms with van der Waals surface area (Å²) in [4.78, 5) is 41.7. The number of likely N-dealkylation sites (N-methyl/N-ethyl adjacent to an activating group) is 1. The minimum absolute atomic E-state index is 0.0536. The number of nitrogens with zero attached hydrogens (tertiary/aromatic N) is 2. The Labute approximate surface area is 182 Å². The first-order chi connectivity index (χ1) is 15.1. The average Bonchev–Trinajstić information content (AvgIpc) is 2.80. The molecule has 0 unspecified atom stereocenters. The van der Waals surface area contributed by atoms with Crippen molar-refractivity contribution in [3.8, 4) is 0 Å². The fraction of sp³-hybridized carbons (Fsp3) is 0.269. The summed E-state index contributed by atoms with van der Waals surface area (Å²) in [5.41, 5.74) is 2.31. The highest BCUT2D eigenvalue weighted by Crippen LogP contribution is 2.30. The van der Waals surface area contributed by atoms with Gasteiger partial charge in [0, 0.05) is 42.6 Å². The molecule has 0 saturated carbocycles. The Bertz CT molecular complexity index is 1070. The topological polar surface area (TPSA) is 57.7 Å². The monoisotopic (exact) mass is 414 g/mol. The van der Waals surface area contributed by atoms with Gasteiger partial charge >= 0.3 is 0 Å². The van der Waals surface area contributed by atoms with Crippen molar-refractivity contribution in [3.63, 3.8) is 0 Å². The third-order valence-electron chi connectivity index (χ3n) is 5.88. The predicted octanol–water partition coefficient (Wildman–Crippen LogP) is 4.31. The second-order valence-electron chi connectivity index (χ2n) is 7.78. The maximum Gasteiger partial charge on any atom is 0.261 e. The zero-order valence-corrected chi connectivity index (χ0v) is 17.7. The minimum Gasteiger partial charge on any atom is -0.343 e. The van der Waals surface area contributed by atoms with Crippen LogP contribution in [0.5, 0.6) is 0 Å². The lowest BCUT2D eigenvalue weighted by atomic mass is 9.94. The summed E-state index contributed by atoms with van der Waals surface area (Å²) in [5, 5.41) is 1.62. The van der Waals surface area contributed by atoms with E-state index in [0.29, 0.717) is 37.1 Å². The Morgan fingerprint density at radius 2 is 1.52 bits per heavy atom. The zero-order valence-electron chi connectivity index (χ0n) is 17.7. The van der Waals surface area contributed by atoms with Gasteiger partial charge in [-0.05, 0) is 42.8 Å². The Morgan fingerprint density at radius 1 is 0.871 bits per heavy atom. The van der Waals surface area contributed by atoms with Crippen LogP contribution in [0.2, 0.25) is 0 Å². The maximum atomic E-state index is 12.9. The average molecular weight is 415 g/mol. The number of hydrogen-bond acceptors (Lipinski definition) is 3. The molecule has 1 aliphatic heterocycles. The van der Waals surface area contributed by atoms with E-state index in [1.807, 2.05) is 54.3 Å². The van der Waals surface area contributed by atoms with E-state index in [1.54, 1.807) is 12.1 Å². The van der Waals surface area contributed by atoms with Gasteiger partial charge in [-0.3, -0.25) is 19.3 Å². The van der Waals surface area contributed by atoms with E-state index < -0.39 is 0 Å². The summed E-state index contributed by atoms with van der Waals surface area (Å²) >= 11 is 0. The molecule has 5 heteroatoms. The molecule has 0 atom stereocenters.